The minimum Gasteiger partial charge on any atom is -0.312 e. The number of fused-ring (bicyclic) bond motifs is 1. The van der Waals surface area contributed by atoms with Gasteiger partial charge in [-0.15, -0.1) is 0 Å². The molecule has 2 heterocycles. The van der Waals surface area contributed by atoms with Gasteiger partial charge in [0, 0.05) is 35.2 Å². The Morgan fingerprint density at radius 3 is 3.11 bits per heavy atom. The first-order valence-electron chi connectivity index (χ1n) is 6.62. The van der Waals surface area contributed by atoms with Crippen molar-refractivity contribution in [1.82, 2.24) is 10.2 Å². The average Bonchev–Trinajstić information content (AvgIpc) is 2.76. The standard InChI is InChI=1S/C14H18BrClN2/c15-13-4-3-12(16)6-11(13)8-18-7-10-2-1-5-17-14(10)9-18/h3-4,6,10,14,17H,1-2,5,7-9H2. The zero-order valence-corrected chi connectivity index (χ0v) is 12.7. The number of benzene rings is 1. The highest BCUT2D eigenvalue weighted by Crippen LogP contribution is 2.28. The van der Waals surface area contributed by atoms with E-state index in [1.807, 2.05) is 12.1 Å². The van der Waals surface area contributed by atoms with Crippen LogP contribution in [0.1, 0.15) is 18.4 Å². The van der Waals surface area contributed by atoms with Crippen molar-refractivity contribution in [1.29, 1.82) is 0 Å². The third-order valence-electron chi connectivity index (χ3n) is 4.08. The van der Waals surface area contributed by atoms with Crippen molar-refractivity contribution in [3.05, 3.63) is 33.3 Å². The molecule has 0 saturated carbocycles. The fourth-order valence-electron chi connectivity index (χ4n) is 3.17. The molecular formula is C14H18BrClN2. The Labute approximate surface area is 122 Å². The van der Waals surface area contributed by atoms with Gasteiger partial charge in [0.2, 0.25) is 0 Å². The van der Waals surface area contributed by atoms with Crippen LogP contribution in [0.3, 0.4) is 0 Å². The number of nitrogens with zero attached hydrogens (tertiary/aromatic N) is 1. The molecule has 1 N–H and O–H groups in total. The highest BCUT2D eigenvalue weighted by molar-refractivity contribution is 9.10. The van der Waals surface area contributed by atoms with Gasteiger partial charge < -0.3 is 5.32 Å². The van der Waals surface area contributed by atoms with Crippen molar-refractivity contribution in [2.24, 2.45) is 5.92 Å². The van der Waals surface area contributed by atoms with E-state index >= 15 is 0 Å². The summed E-state index contributed by atoms with van der Waals surface area (Å²) in [5.74, 6) is 0.844. The second-order valence-corrected chi connectivity index (χ2v) is 6.68. The fraction of sp³-hybridized carbons (Fsp3) is 0.571. The van der Waals surface area contributed by atoms with Gasteiger partial charge in [-0.3, -0.25) is 4.90 Å². The second-order valence-electron chi connectivity index (χ2n) is 5.39. The van der Waals surface area contributed by atoms with Crippen LogP contribution < -0.4 is 5.32 Å². The van der Waals surface area contributed by atoms with Crippen molar-refractivity contribution < 1.29 is 0 Å². The Kier molecular flexibility index (Phi) is 3.94. The number of halogens is 2. The molecule has 0 aliphatic carbocycles. The van der Waals surface area contributed by atoms with Crippen LogP contribution in [0.4, 0.5) is 0 Å². The monoisotopic (exact) mass is 328 g/mol. The molecule has 1 aromatic rings. The molecule has 0 amide bonds. The molecule has 2 saturated heterocycles. The molecule has 1 aromatic carbocycles. The molecular weight excluding hydrogens is 312 g/mol. The van der Waals surface area contributed by atoms with Gasteiger partial charge >= 0.3 is 0 Å². The van der Waals surface area contributed by atoms with E-state index in [9.17, 15) is 0 Å². The van der Waals surface area contributed by atoms with Crippen molar-refractivity contribution in [3.8, 4) is 0 Å². The molecule has 0 spiro atoms. The SMILES string of the molecule is Clc1ccc(Br)c(CN2CC3CCCNC3C2)c1. The number of nitrogens with one attached hydrogen (secondary N) is 1. The fourth-order valence-corrected chi connectivity index (χ4v) is 3.74. The van der Waals surface area contributed by atoms with Crippen molar-refractivity contribution in [2.45, 2.75) is 25.4 Å². The predicted octanol–water partition coefficient (Wildman–Crippen LogP) is 3.29. The van der Waals surface area contributed by atoms with Crippen LogP contribution in [0.5, 0.6) is 0 Å². The largest absolute Gasteiger partial charge is 0.312 e. The van der Waals surface area contributed by atoms with E-state index in [1.54, 1.807) is 0 Å². The van der Waals surface area contributed by atoms with Gasteiger partial charge in [0.25, 0.3) is 0 Å². The van der Waals surface area contributed by atoms with Crippen LogP contribution in [0.15, 0.2) is 22.7 Å². The molecule has 0 aromatic heterocycles. The number of hydrogen-bond acceptors (Lipinski definition) is 2. The lowest BCUT2D eigenvalue weighted by Crippen LogP contribution is -2.40. The Hall–Kier alpha value is -0.0900. The van der Waals surface area contributed by atoms with E-state index in [0.717, 1.165) is 22.0 Å². The first-order valence-corrected chi connectivity index (χ1v) is 7.79. The van der Waals surface area contributed by atoms with E-state index in [-0.39, 0.29) is 0 Å². The van der Waals surface area contributed by atoms with E-state index < -0.39 is 0 Å². The topological polar surface area (TPSA) is 15.3 Å². The van der Waals surface area contributed by atoms with Gasteiger partial charge in [-0.05, 0) is 49.1 Å². The first-order chi connectivity index (χ1) is 8.72. The Morgan fingerprint density at radius 2 is 2.28 bits per heavy atom. The van der Waals surface area contributed by atoms with Crippen molar-refractivity contribution in [2.75, 3.05) is 19.6 Å². The molecule has 2 nitrogen and oxygen atoms in total. The summed E-state index contributed by atoms with van der Waals surface area (Å²) >= 11 is 9.69. The van der Waals surface area contributed by atoms with Gasteiger partial charge in [0.15, 0.2) is 0 Å². The highest BCUT2D eigenvalue weighted by atomic mass is 79.9. The number of likely N-dealkylation sites (tertiary alicyclic amines) is 1. The zero-order valence-electron chi connectivity index (χ0n) is 10.3. The summed E-state index contributed by atoms with van der Waals surface area (Å²) in [6, 6.07) is 6.75. The number of piperidine rings is 1. The molecule has 2 aliphatic heterocycles. The lowest BCUT2D eigenvalue weighted by molar-refractivity contribution is 0.312. The van der Waals surface area contributed by atoms with Crippen LogP contribution in [-0.2, 0) is 6.54 Å². The van der Waals surface area contributed by atoms with E-state index in [4.69, 9.17) is 11.6 Å². The predicted molar refractivity (Wildman–Crippen MR) is 78.9 cm³/mol. The van der Waals surface area contributed by atoms with E-state index in [1.165, 1.54) is 38.0 Å². The number of hydrogen-bond donors (Lipinski definition) is 1. The highest BCUT2D eigenvalue weighted by Gasteiger charge is 2.34. The van der Waals surface area contributed by atoms with E-state index in [0.29, 0.717) is 6.04 Å². The third kappa shape index (κ3) is 2.74. The van der Waals surface area contributed by atoms with Crippen LogP contribution in [-0.4, -0.2) is 30.6 Å². The Morgan fingerprint density at radius 1 is 1.39 bits per heavy atom. The smallest absolute Gasteiger partial charge is 0.0410 e. The summed E-state index contributed by atoms with van der Waals surface area (Å²) in [4.78, 5) is 2.55. The summed E-state index contributed by atoms with van der Waals surface area (Å²) in [7, 11) is 0. The lowest BCUT2D eigenvalue weighted by atomic mass is 9.94. The minimum atomic E-state index is 0.705. The quantitative estimate of drug-likeness (QED) is 0.896. The van der Waals surface area contributed by atoms with Crippen LogP contribution in [0.2, 0.25) is 5.02 Å². The van der Waals surface area contributed by atoms with Gasteiger partial charge in [-0.1, -0.05) is 27.5 Å². The molecule has 0 radical (unpaired) electrons. The van der Waals surface area contributed by atoms with Crippen molar-refractivity contribution >= 4 is 27.5 Å². The molecule has 2 atom stereocenters. The van der Waals surface area contributed by atoms with Crippen LogP contribution in [0.25, 0.3) is 0 Å². The molecule has 18 heavy (non-hydrogen) atoms. The summed E-state index contributed by atoms with van der Waals surface area (Å²) in [5, 5.41) is 4.47. The maximum absolute atomic E-state index is 6.07. The normalized spacial score (nSPS) is 28.3. The summed E-state index contributed by atoms with van der Waals surface area (Å²) in [5.41, 5.74) is 1.29. The lowest BCUT2D eigenvalue weighted by Gasteiger charge is -2.24. The average molecular weight is 330 g/mol. The van der Waals surface area contributed by atoms with Gasteiger partial charge in [-0.25, -0.2) is 0 Å². The first kappa shape index (κ1) is 12.9. The third-order valence-corrected chi connectivity index (χ3v) is 5.09. The number of rotatable bonds is 2. The van der Waals surface area contributed by atoms with E-state index in [2.05, 4.69) is 32.2 Å². The van der Waals surface area contributed by atoms with Gasteiger partial charge in [-0.2, -0.15) is 0 Å². The molecule has 3 rings (SSSR count). The molecule has 2 unspecified atom stereocenters. The zero-order chi connectivity index (χ0) is 12.5. The van der Waals surface area contributed by atoms with Crippen molar-refractivity contribution in [3.63, 3.8) is 0 Å². The summed E-state index contributed by atoms with van der Waals surface area (Å²) in [6.45, 7) is 4.58. The van der Waals surface area contributed by atoms with Crippen LogP contribution in [0, 0.1) is 5.92 Å². The molecule has 2 aliphatic rings. The summed E-state index contributed by atoms with van der Waals surface area (Å²) < 4.78 is 1.16. The summed E-state index contributed by atoms with van der Waals surface area (Å²) in [6.07, 6.45) is 2.71. The molecule has 0 bridgehead atoms. The minimum absolute atomic E-state index is 0.705. The maximum atomic E-state index is 6.07. The maximum Gasteiger partial charge on any atom is 0.0410 e. The van der Waals surface area contributed by atoms with Crippen LogP contribution >= 0.6 is 27.5 Å². The van der Waals surface area contributed by atoms with Gasteiger partial charge in [0.1, 0.15) is 0 Å². The Bertz CT molecular complexity index is 424. The second kappa shape index (κ2) is 5.49. The van der Waals surface area contributed by atoms with Gasteiger partial charge in [0.05, 0.1) is 0 Å². The molecule has 2 fully saturated rings. The molecule has 4 heteroatoms. The molecule has 98 valence electrons. The Balaban J connectivity index is 1.68.